The second kappa shape index (κ2) is 7.43. The minimum atomic E-state index is -4.35. The molecule has 0 fully saturated rings. The van der Waals surface area contributed by atoms with Crippen LogP contribution in [-0.2, 0) is 10.0 Å². The molecule has 10 nitrogen and oxygen atoms in total. The van der Waals surface area contributed by atoms with Gasteiger partial charge in [-0.25, -0.2) is 18.0 Å². The van der Waals surface area contributed by atoms with E-state index < -0.39 is 45.4 Å². The molecule has 0 spiro atoms. The second-order valence-electron chi connectivity index (χ2n) is 5.51. The van der Waals surface area contributed by atoms with Crippen molar-refractivity contribution in [2.24, 2.45) is 0 Å². The highest BCUT2D eigenvalue weighted by molar-refractivity contribution is 7.92. The molecule has 0 aliphatic carbocycles. The molecule has 2 aromatic carbocycles. The highest BCUT2D eigenvalue weighted by Gasteiger charge is 2.23. The number of hydrogen-bond acceptors (Lipinski definition) is 7. The number of nitrogens with one attached hydrogen (secondary N) is 2. The van der Waals surface area contributed by atoms with Gasteiger partial charge in [0, 0.05) is 18.2 Å². The van der Waals surface area contributed by atoms with Crippen molar-refractivity contribution in [2.45, 2.75) is 11.5 Å². The first kappa shape index (κ1) is 20.1. The van der Waals surface area contributed by atoms with Crippen molar-refractivity contribution in [3.8, 4) is 11.5 Å². The lowest BCUT2D eigenvalue weighted by Crippen LogP contribution is -2.16. The van der Waals surface area contributed by atoms with Crippen LogP contribution in [0.3, 0.4) is 0 Å². The van der Waals surface area contributed by atoms with Gasteiger partial charge in [0.15, 0.2) is 17.1 Å². The highest BCUT2D eigenvalue weighted by Crippen LogP contribution is 2.35. The number of alkyl halides is 2. The quantitative estimate of drug-likeness (QED) is 0.517. The van der Waals surface area contributed by atoms with E-state index in [1.165, 1.54) is 6.07 Å². The number of H-pyrrole nitrogens is 1. The number of anilines is 1. The summed E-state index contributed by atoms with van der Waals surface area (Å²) in [5.74, 6) is -3.29. The fourth-order valence-electron chi connectivity index (χ4n) is 2.47. The number of aromatic nitrogens is 1. The molecule has 3 aromatic rings. The lowest BCUT2D eigenvalue weighted by molar-refractivity contribution is -0.0512. The number of carboxylic acids is 1. The predicted octanol–water partition coefficient (Wildman–Crippen LogP) is 2.23. The Hall–Kier alpha value is -3.61. The van der Waals surface area contributed by atoms with Crippen LogP contribution in [0, 0.1) is 0 Å². The third-order valence-electron chi connectivity index (χ3n) is 3.70. The highest BCUT2D eigenvalue weighted by atomic mass is 32.2. The van der Waals surface area contributed by atoms with Crippen molar-refractivity contribution in [3.63, 3.8) is 0 Å². The number of fused-ring (bicyclic) bond motifs is 1. The van der Waals surface area contributed by atoms with Crippen LogP contribution >= 0.6 is 0 Å². The lowest BCUT2D eigenvalue weighted by atomic mass is 10.1. The number of hydrogen-bond donors (Lipinski definition) is 3. The van der Waals surface area contributed by atoms with Gasteiger partial charge in [-0.1, -0.05) is 0 Å². The summed E-state index contributed by atoms with van der Waals surface area (Å²) >= 11 is 0. The molecule has 0 saturated heterocycles. The zero-order valence-corrected chi connectivity index (χ0v) is 15.2. The number of aromatic carboxylic acids is 1. The first-order chi connectivity index (χ1) is 13.6. The van der Waals surface area contributed by atoms with Gasteiger partial charge in [0.05, 0.1) is 28.8 Å². The first-order valence-electron chi connectivity index (χ1n) is 7.66. The topological polar surface area (TPSA) is 148 Å². The minimum absolute atomic E-state index is 0.0328. The molecule has 0 radical (unpaired) electrons. The van der Waals surface area contributed by atoms with Gasteiger partial charge in [-0.3, -0.25) is 9.71 Å². The smallest absolute Gasteiger partial charge is 0.417 e. The molecule has 1 aromatic heterocycles. The zero-order chi connectivity index (χ0) is 21.3. The van der Waals surface area contributed by atoms with Gasteiger partial charge >= 0.3 is 18.3 Å². The van der Waals surface area contributed by atoms with E-state index in [1.54, 1.807) is 0 Å². The molecule has 3 N–H and O–H groups in total. The van der Waals surface area contributed by atoms with Gasteiger partial charge < -0.3 is 19.0 Å². The van der Waals surface area contributed by atoms with E-state index in [-0.39, 0.29) is 21.7 Å². The van der Waals surface area contributed by atoms with Crippen molar-refractivity contribution >= 4 is 32.8 Å². The number of rotatable bonds is 7. The number of benzene rings is 2. The maximum Gasteiger partial charge on any atom is 0.417 e. The number of halogens is 2. The molecule has 3 rings (SSSR count). The molecule has 0 unspecified atom stereocenters. The molecule has 13 heteroatoms. The van der Waals surface area contributed by atoms with E-state index >= 15 is 0 Å². The Labute approximate surface area is 160 Å². The minimum Gasteiger partial charge on any atom is -0.493 e. The predicted molar refractivity (Wildman–Crippen MR) is 94.2 cm³/mol. The summed E-state index contributed by atoms with van der Waals surface area (Å²) in [6, 6.07) is 5.10. The standard InChI is InChI=1S/C16H12F2N2O8S/c1-26-12-6-10(8(14(21)22)5-13(12)27-15(17)18)20-29(24,25)7-2-3-9-11(4-7)28-16(23)19-9/h2-6,15,20H,1H3,(H,19,23)(H,21,22). The summed E-state index contributed by atoms with van der Waals surface area (Å²) in [5.41, 5.74) is -0.879. The van der Waals surface area contributed by atoms with E-state index in [9.17, 15) is 31.9 Å². The Morgan fingerprint density at radius 3 is 2.59 bits per heavy atom. The SMILES string of the molecule is COc1cc(NS(=O)(=O)c2ccc3[nH]c(=O)oc3c2)c(C(=O)O)cc1OC(F)F. The Bertz CT molecular complexity index is 1250. The van der Waals surface area contributed by atoms with Crippen LogP contribution in [0.5, 0.6) is 11.5 Å². The van der Waals surface area contributed by atoms with Crippen LogP contribution in [0.2, 0.25) is 0 Å². The Morgan fingerprint density at radius 2 is 1.97 bits per heavy atom. The number of carboxylic acid groups (broad SMARTS) is 1. The van der Waals surface area contributed by atoms with Gasteiger partial charge in [-0.05, 0) is 12.1 Å². The fourth-order valence-corrected chi connectivity index (χ4v) is 3.55. The lowest BCUT2D eigenvalue weighted by Gasteiger charge is -2.15. The molecule has 0 aliphatic heterocycles. The van der Waals surface area contributed by atoms with E-state index in [4.69, 9.17) is 9.15 Å². The number of oxazole rings is 1. The Balaban J connectivity index is 2.06. The van der Waals surface area contributed by atoms with Gasteiger partial charge in [0.25, 0.3) is 10.0 Å². The van der Waals surface area contributed by atoms with Crippen LogP contribution in [0.25, 0.3) is 11.1 Å². The molecular weight excluding hydrogens is 418 g/mol. The first-order valence-corrected chi connectivity index (χ1v) is 9.15. The van der Waals surface area contributed by atoms with Crippen LogP contribution in [-0.4, -0.2) is 38.2 Å². The molecule has 1 heterocycles. The summed E-state index contributed by atoms with van der Waals surface area (Å²) in [4.78, 5) is 24.7. The van der Waals surface area contributed by atoms with Gasteiger partial charge in [-0.15, -0.1) is 0 Å². The van der Waals surface area contributed by atoms with E-state index in [2.05, 4.69) is 9.72 Å². The second-order valence-corrected chi connectivity index (χ2v) is 7.19. The monoisotopic (exact) mass is 430 g/mol. The Kier molecular flexibility index (Phi) is 5.16. The summed E-state index contributed by atoms with van der Waals surface area (Å²) in [6.07, 6.45) is 0. The number of aromatic amines is 1. The van der Waals surface area contributed by atoms with Crippen LogP contribution in [0.15, 0.2) is 44.4 Å². The summed E-state index contributed by atoms with van der Waals surface area (Å²) in [5, 5.41) is 9.33. The van der Waals surface area contributed by atoms with E-state index in [1.807, 2.05) is 4.72 Å². The molecule has 0 amide bonds. The summed E-state index contributed by atoms with van der Waals surface area (Å²) in [7, 11) is -3.24. The molecule has 0 aliphatic rings. The average Bonchev–Trinajstić information content (AvgIpc) is 3.00. The zero-order valence-electron chi connectivity index (χ0n) is 14.4. The third-order valence-corrected chi connectivity index (χ3v) is 5.06. The van der Waals surface area contributed by atoms with Crippen molar-refractivity contribution in [1.29, 1.82) is 0 Å². The van der Waals surface area contributed by atoms with Gasteiger partial charge in [-0.2, -0.15) is 8.78 Å². The molecule has 29 heavy (non-hydrogen) atoms. The maximum absolute atomic E-state index is 12.7. The number of carbonyl (C=O) groups is 1. The van der Waals surface area contributed by atoms with E-state index in [0.29, 0.717) is 6.07 Å². The van der Waals surface area contributed by atoms with Crippen LogP contribution in [0.1, 0.15) is 10.4 Å². The third kappa shape index (κ3) is 4.13. The molecule has 154 valence electrons. The summed E-state index contributed by atoms with van der Waals surface area (Å²) < 4.78 is 66.3. The number of ether oxygens (including phenoxy) is 2. The Morgan fingerprint density at radius 1 is 1.24 bits per heavy atom. The van der Waals surface area contributed by atoms with Crippen molar-refractivity contribution < 1.29 is 41.0 Å². The fraction of sp³-hybridized carbons (Fsp3) is 0.125. The van der Waals surface area contributed by atoms with Crippen LogP contribution < -0.4 is 20.0 Å². The van der Waals surface area contributed by atoms with Crippen molar-refractivity contribution in [3.05, 3.63) is 46.4 Å². The van der Waals surface area contributed by atoms with E-state index in [0.717, 1.165) is 25.3 Å². The molecule has 0 bridgehead atoms. The van der Waals surface area contributed by atoms with Crippen LogP contribution in [0.4, 0.5) is 14.5 Å². The summed E-state index contributed by atoms with van der Waals surface area (Å²) in [6.45, 7) is -3.25. The maximum atomic E-state index is 12.7. The van der Waals surface area contributed by atoms with Crippen molar-refractivity contribution in [2.75, 3.05) is 11.8 Å². The molecule has 0 atom stereocenters. The number of methoxy groups -OCH3 is 1. The van der Waals surface area contributed by atoms with Gasteiger partial charge in [0.1, 0.15) is 0 Å². The normalized spacial score (nSPS) is 11.6. The molecular formula is C16H12F2N2O8S. The average molecular weight is 430 g/mol. The largest absolute Gasteiger partial charge is 0.493 e. The number of sulfonamides is 1. The molecule has 0 saturated carbocycles. The van der Waals surface area contributed by atoms with Gasteiger partial charge in [0.2, 0.25) is 0 Å². The van der Waals surface area contributed by atoms with Crippen molar-refractivity contribution in [1.82, 2.24) is 4.98 Å².